The zero-order valence-electron chi connectivity index (χ0n) is 21.9. The molecule has 39 heavy (non-hydrogen) atoms. The van der Waals surface area contributed by atoms with Gasteiger partial charge in [0.2, 0.25) is 11.7 Å². The van der Waals surface area contributed by atoms with Gasteiger partial charge in [-0.15, -0.1) is 0 Å². The Bertz CT molecular complexity index is 1340. The van der Waals surface area contributed by atoms with Gasteiger partial charge in [-0.1, -0.05) is 31.2 Å². The second-order valence-corrected chi connectivity index (χ2v) is 16.4. The summed E-state index contributed by atoms with van der Waals surface area (Å²) in [6, 6.07) is 6.30. The molecule has 0 unspecified atom stereocenters. The highest BCUT2D eigenvalue weighted by atomic mass is 35.5. The first-order valence-electron chi connectivity index (χ1n) is 12.1. The third kappa shape index (κ3) is 8.64. The van der Waals surface area contributed by atoms with E-state index in [1.807, 2.05) is 0 Å². The molecule has 14 heteroatoms. The van der Waals surface area contributed by atoms with Gasteiger partial charge in [0, 0.05) is 38.7 Å². The van der Waals surface area contributed by atoms with Gasteiger partial charge in [0.15, 0.2) is 0 Å². The summed E-state index contributed by atoms with van der Waals surface area (Å²) in [5.41, 5.74) is 0.517. The predicted octanol–water partition coefficient (Wildman–Crippen LogP) is 5.49. The molecule has 1 N–H and O–H groups in total. The van der Waals surface area contributed by atoms with Gasteiger partial charge < -0.3 is 14.6 Å². The molecule has 0 spiro atoms. The Hall–Kier alpha value is -3.21. The van der Waals surface area contributed by atoms with Crippen molar-refractivity contribution >= 4 is 25.6 Å². The van der Waals surface area contributed by atoms with Crippen LogP contribution in [0.3, 0.4) is 0 Å². The van der Waals surface area contributed by atoms with Crippen LogP contribution in [-0.4, -0.2) is 46.0 Å². The van der Waals surface area contributed by atoms with E-state index in [2.05, 4.69) is 35.0 Å². The molecule has 8 nitrogen and oxygen atoms in total. The van der Waals surface area contributed by atoms with Gasteiger partial charge in [-0.25, -0.2) is 9.37 Å². The number of nitrogens with zero attached hydrogens (tertiary/aromatic N) is 5. The number of halogens is 5. The average molecular weight is 585 g/mol. The van der Waals surface area contributed by atoms with E-state index < -0.39 is 37.8 Å². The summed E-state index contributed by atoms with van der Waals surface area (Å²) >= 11 is 5.96. The van der Waals surface area contributed by atoms with Gasteiger partial charge in [0.05, 0.1) is 29.4 Å². The Balaban J connectivity index is 1.59. The van der Waals surface area contributed by atoms with E-state index >= 15 is 0 Å². The van der Waals surface area contributed by atoms with Crippen molar-refractivity contribution in [2.45, 2.75) is 64.5 Å². The zero-order valence-corrected chi connectivity index (χ0v) is 23.7. The molecule has 0 saturated carbocycles. The normalized spacial score (nSPS) is 12.8. The third-order valence-corrected chi connectivity index (χ3v) is 7.61. The standard InChI is InChI=1S/C25H29ClF4N6O2Si/c1-16(13-36-6-5-22(34-36)17-9-20(26)19(12-31)21(27)10-17)32-23(37)11-18-14-35(24(33-18)25(28,29)30)15-38-7-8-39(2,3)4/h5-6,9-10,14,16H,7-8,11,13,15H2,1-4H3,(H,32,37)/t16-/m0/s1. The summed E-state index contributed by atoms with van der Waals surface area (Å²) in [4.78, 5) is 16.2. The van der Waals surface area contributed by atoms with Gasteiger partial charge in [0.1, 0.15) is 24.2 Å². The molecule has 3 rings (SSSR count). The van der Waals surface area contributed by atoms with Crippen molar-refractivity contribution in [3.63, 3.8) is 0 Å². The molecular weight excluding hydrogens is 556 g/mol. The number of nitrogens with one attached hydrogen (secondary N) is 1. The molecule has 0 bridgehead atoms. The van der Waals surface area contributed by atoms with Crippen LogP contribution in [0.5, 0.6) is 0 Å². The van der Waals surface area contributed by atoms with Crippen molar-refractivity contribution in [2.24, 2.45) is 0 Å². The van der Waals surface area contributed by atoms with Crippen molar-refractivity contribution in [1.82, 2.24) is 24.6 Å². The molecule has 2 heterocycles. The molecule has 0 aliphatic heterocycles. The second kappa shape index (κ2) is 12.3. The van der Waals surface area contributed by atoms with E-state index in [4.69, 9.17) is 21.6 Å². The van der Waals surface area contributed by atoms with E-state index in [-0.39, 0.29) is 36.0 Å². The Morgan fingerprint density at radius 2 is 2.03 bits per heavy atom. The Morgan fingerprint density at radius 1 is 1.31 bits per heavy atom. The minimum absolute atomic E-state index is 0.0260. The van der Waals surface area contributed by atoms with Gasteiger partial charge in [-0.3, -0.25) is 9.48 Å². The van der Waals surface area contributed by atoms with Crippen molar-refractivity contribution in [1.29, 1.82) is 5.26 Å². The maximum Gasteiger partial charge on any atom is 0.449 e. The summed E-state index contributed by atoms with van der Waals surface area (Å²) in [7, 11) is -1.39. The molecule has 1 aromatic carbocycles. The monoisotopic (exact) mass is 584 g/mol. The first kappa shape index (κ1) is 30.3. The maximum absolute atomic E-state index is 14.1. The largest absolute Gasteiger partial charge is 0.449 e. The Kier molecular flexibility index (Phi) is 9.58. The fourth-order valence-electron chi connectivity index (χ4n) is 3.68. The molecule has 0 radical (unpaired) electrons. The van der Waals surface area contributed by atoms with Crippen LogP contribution in [0.25, 0.3) is 11.3 Å². The van der Waals surface area contributed by atoms with Crippen LogP contribution in [0.15, 0.2) is 30.6 Å². The average Bonchev–Trinajstić information content (AvgIpc) is 3.42. The number of rotatable bonds is 11. The Labute approximate surface area is 229 Å². The highest BCUT2D eigenvalue weighted by molar-refractivity contribution is 6.76. The Morgan fingerprint density at radius 3 is 2.64 bits per heavy atom. The summed E-state index contributed by atoms with van der Waals surface area (Å²) in [6.07, 6.45) is -2.22. The number of nitriles is 1. The number of carbonyl (C=O) groups is 1. The quantitative estimate of drug-likeness (QED) is 0.183. The van der Waals surface area contributed by atoms with Crippen molar-refractivity contribution in [3.05, 3.63) is 58.5 Å². The molecule has 0 aliphatic carbocycles. The number of hydrogen-bond acceptors (Lipinski definition) is 5. The number of carbonyl (C=O) groups excluding carboxylic acids is 1. The number of imidazole rings is 1. The van der Waals surface area contributed by atoms with E-state index in [9.17, 15) is 22.4 Å². The van der Waals surface area contributed by atoms with Crippen LogP contribution in [-0.2, 0) is 35.4 Å². The number of hydrogen-bond donors (Lipinski definition) is 1. The number of amides is 1. The molecule has 2 aromatic heterocycles. The minimum atomic E-state index is -4.69. The lowest BCUT2D eigenvalue weighted by Gasteiger charge is -2.16. The smallest absolute Gasteiger partial charge is 0.361 e. The molecular formula is C25H29ClF4N6O2Si. The summed E-state index contributed by atoms with van der Waals surface area (Å²) in [5, 5.41) is 16.0. The van der Waals surface area contributed by atoms with Gasteiger partial charge in [-0.05, 0) is 31.2 Å². The molecule has 0 fully saturated rings. The van der Waals surface area contributed by atoms with Gasteiger partial charge in [-0.2, -0.15) is 23.5 Å². The maximum atomic E-state index is 14.1. The van der Waals surface area contributed by atoms with E-state index in [1.165, 1.54) is 16.9 Å². The molecule has 210 valence electrons. The lowest BCUT2D eigenvalue weighted by Crippen LogP contribution is -2.36. The third-order valence-electron chi connectivity index (χ3n) is 5.61. The SMILES string of the molecule is C[C@@H](Cn1ccc(-c2cc(F)c(C#N)c(Cl)c2)n1)NC(=O)Cc1cn(COCC[Si](C)(C)C)c(C(F)(F)F)n1. The fourth-order valence-corrected chi connectivity index (χ4v) is 4.69. The lowest BCUT2D eigenvalue weighted by molar-refractivity contribution is -0.149. The zero-order chi connectivity index (χ0) is 29.0. The predicted molar refractivity (Wildman–Crippen MR) is 140 cm³/mol. The van der Waals surface area contributed by atoms with Crippen LogP contribution in [0.4, 0.5) is 17.6 Å². The van der Waals surface area contributed by atoms with Crippen LogP contribution in [0, 0.1) is 17.1 Å². The fraction of sp³-hybridized carbons (Fsp3) is 0.440. The molecule has 1 atom stereocenters. The van der Waals surface area contributed by atoms with E-state index in [0.29, 0.717) is 17.9 Å². The number of alkyl halides is 3. The number of ether oxygens (including phenoxy) is 1. The highest BCUT2D eigenvalue weighted by Gasteiger charge is 2.37. The van der Waals surface area contributed by atoms with Crippen molar-refractivity contribution in [2.75, 3.05) is 6.61 Å². The number of benzene rings is 1. The lowest BCUT2D eigenvalue weighted by atomic mass is 10.1. The minimum Gasteiger partial charge on any atom is -0.361 e. The molecule has 0 saturated heterocycles. The first-order chi connectivity index (χ1) is 18.2. The molecule has 0 aliphatic rings. The van der Waals surface area contributed by atoms with Crippen LogP contribution >= 0.6 is 11.6 Å². The summed E-state index contributed by atoms with van der Waals surface area (Å²) in [5.74, 6) is -2.38. The number of aromatic nitrogens is 4. The van der Waals surface area contributed by atoms with E-state index in [0.717, 1.165) is 16.7 Å². The highest BCUT2D eigenvalue weighted by Crippen LogP contribution is 2.29. The van der Waals surface area contributed by atoms with Crippen molar-refractivity contribution in [3.8, 4) is 17.3 Å². The summed E-state index contributed by atoms with van der Waals surface area (Å²) < 4.78 is 62.3. The van der Waals surface area contributed by atoms with Gasteiger partial charge >= 0.3 is 6.18 Å². The van der Waals surface area contributed by atoms with Crippen LogP contribution in [0.2, 0.25) is 30.7 Å². The van der Waals surface area contributed by atoms with E-state index in [1.54, 1.807) is 25.3 Å². The van der Waals surface area contributed by atoms with Crippen molar-refractivity contribution < 1.29 is 27.1 Å². The van der Waals surface area contributed by atoms with Gasteiger partial charge in [0.25, 0.3) is 0 Å². The second-order valence-electron chi connectivity index (χ2n) is 10.4. The van der Waals surface area contributed by atoms with Crippen LogP contribution < -0.4 is 5.32 Å². The first-order valence-corrected chi connectivity index (χ1v) is 16.2. The van der Waals surface area contributed by atoms with Crippen LogP contribution in [0.1, 0.15) is 24.0 Å². The topological polar surface area (TPSA) is 97.8 Å². The molecule has 3 aromatic rings. The summed E-state index contributed by atoms with van der Waals surface area (Å²) in [6.45, 7) is 8.43. The molecule has 1 amide bonds.